The van der Waals surface area contributed by atoms with Gasteiger partial charge >= 0.3 is 11.5 Å². The summed E-state index contributed by atoms with van der Waals surface area (Å²) in [5.41, 5.74) is 3.16. The predicted molar refractivity (Wildman–Crippen MR) is 144 cm³/mol. The van der Waals surface area contributed by atoms with Crippen LogP contribution in [0.15, 0.2) is 27.3 Å². The second-order valence-corrected chi connectivity index (χ2v) is 12.0. The summed E-state index contributed by atoms with van der Waals surface area (Å²) >= 11 is 3.08. The molecule has 5 N–H and O–H groups in total. The van der Waals surface area contributed by atoms with Crippen LogP contribution in [-0.2, 0) is 26.3 Å². The van der Waals surface area contributed by atoms with Gasteiger partial charge in [-0.25, -0.2) is 4.68 Å². The monoisotopic (exact) mass is 609 g/mol. The minimum Gasteiger partial charge on any atom is -0.488 e. The number of nitrogens with one attached hydrogen (secondary N) is 1. The quantitative estimate of drug-likeness (QED) is 0.0881. The van der Waals surface area contributed by atoms with E-state index < -0.39 is 46.1 Å². The van der Waals surface area contributed by atoms with Crippen LogP contribution >= 0.6 is 35.1 Å². The first-order valence-electron chi connectivity index (χ1n) is 11.8. The van der Waals surface area contributed by atoms with Gasteiger partial charge in [-0.05, 0) is 18.9 Å². The number of nitrogen functional groups attached to an aromatic ring is 1. The normalized spacial score (nSPS) is 25.8. The maximum atomic E-state index is 13.2. The Bertz CT molecular complexity index is 1480. The average Bonchev–Trinajstić information content (AvgIpc) is 3.60. The molecule has 19 heteroatoms. The number of hydrogen-bond acceptors (Lipinski definition) is 15. The second kappa shape index (κ2) is 11.0. The largest absolute Gasteiger partial charge is 0.488 e. The van der Waals surface area contributed by atoms with Gasteiger partial charge < -0.3 is 31.0 Å². The highest BCUT2D eigenvalue weighted by Crippen LogP contribution is 2.44. The van der Waals surface area contributed by atoms with E-state index in [-0.39, 0.29) is 46.0 Å². The molecule has 0 bridgehead atoms. The summed E-state index contributed by atoms with van der Waals surface area (Å²) in [4.78, 5) is 64.8. The van der Waals surface area contributed by atoms with Crippen molar-refractivity contribution in [2.24, 2.45) is 17.6 Å². The van der Waals surface area contributed by atoms with E-state index in [1.165, 1.54) is 28.4 Å². The number of carbonyl (C=O) groups is 3. The fourth-order valence-corrected chi connectivity index (χ4v) is 7.41. The molecule has 4 atom stereocenters. The Morgan fingerprint density at radius 2 is 2.17 bits per heavy atom. The molecule has 0 spiro atoms. The lowest BCUT2D eigenvalue weighted by atomic mass is 9.89. The zero-order valence-corrected chi connectivity index (χ0v) is 23.2. The van der Waals surface area contributed by atoms with E-state index in [4.69, 9.17) is 10.6 Å². The Morgan fingerprint density at radius 3 is 2.85 bits per heavy atom. The molecule has 2 aromatic heterocycles. The molecule has 5 rings (SSSR count). The summed E-state index contributed by atoms with van der Waals surface area (Å²) in [6.07, 6.45) is 5.00. The van der Waals surface area contributed by atoms with Crippen molar-refractivity contribution in [3.05, 3.63) is 28.3 Å². The summed E-state index contributed by atoms with van der Waals surface area (Å²) in [6.45, 7) is -0.111. The van der Waals surface area contributed by atoms with Gasteiger partial charge in [0.2, 0.25) is 17.4 Å². The number of aliphatic carboxylic acids is 1. The van der Waals surface area contributed by atoms with Crippen LogP contribution in [0.3, 0.4) is 0 Å². The van der Waals surface area contributed by atoms with Crippen molar-refractivity contribution >= 4 is 63.7 Å². The van der Waals surface area contributed by atoms with E-state index >= 15 is 0 Å². The lowest BCUT2D eigenvalue weighted by molar-refractivity contribution is -0.157. The van der Waals surface area contributed by atoms with Crippen LogP contribution in [-0.4, -0.2) is 98.3 Å². The molecule has 40 heavy (non-hydrogen) atoms. The number of carboxylic acids is 1. The number of aromatic nitrogens is 5. The summed E-state index contributed by atoms with van der Waals surface area (Å²) in [7, 11) is 1.46. The van der Waals surface area contributed by atoms with Gasteiger partial charge in [0.05, 0.1) is 0 Å². The SMILES string of the molecule is Cn1nc(O)c(=O)nc1SCC1(C(=O)O)CS[C@@H]2C(NC(=O)C(=NOC3C=CCC3)c3nsc(N)n3)C(=O)N2C1. The Morgan fingerprint density at radius 1 is 1.38 bits per heavy atom. The standard InChI is InChI=1S/C21H23N9O7S3/c1-29-20(25-14(32)15(33)26-29)39-8-21(18(35)36)6-30-16(34)11(17(30)38-7-21)23-13(31)10(12-24-19(22)40-28-12)27-37-9-4-2-3-5-9/h2,4,9,11,17H,3,5-8H2,1H3,(H,23,31)(H,26,33)(H,35,36)(H2,22,24,28)/t9?,11?,17-,21?/m1/s1. The van der Waals surface area contributed by atoms with Gasteiger partial charge in [0.1, 0.15) is 22.9 Å². The van der Waals surface area contributed by atoms with Gasteiger partial charge in [0, 0.05) is 36.6 Å². The molecule has 212 valence electrons. The average molecular weight is 610 g/mol. The van der Waals surface area contributed by atoms with Crippen LogP contribution in [0.1, 0.15) is 18.7 Å². The molecule has 1 aliphatic carbocycles. The molecule has 2 amide bonds. The molecule has 16 nitrogen and oxygen atoms in total. The number of anilines is 1. The van der Waals surface area contributed by atoms with Gasteiger partial charge in [0.15, 0.2) is 10.3 Å². The van der Waals surface area contributed by atoms with Crippen LogP contribution in [0, 0.1) is 5.41 Å². The molecule has 0 aromatic carbocycles. The van der Waals surface area contributed by atoms with Crippen LogP contribution < -0.4 is 16.6 Å². The first-order valence-corrected chi connectivity index (χ1v) is 14.6. The minimum atomic E-state index is -1.36. The molecular weight excluding hydrogens is 586 g/mol. The van der Waals surface area contributed by atoms with Crippen molar-refractivity contribution in [2.45, 2.75) is 35.5 Å². The summed E-state index contributed by atoms with van der Waals surface area (Å²) in [5.74, 6) is -3.00. The highest BCUT2D eigenvalue weighted by Gasteiger charge is 2.57. The minimum absolute atomic E-state index is 0.0176. The van der Waals surface area contributed by atoms with E-state index in [2.05, 4.69) is 29.9 Å². The number of aromatic hydroxyl groups is 1. The van der Waals surface area contributed by atoms with E-state index in [1.54, 1.807) is 0 Å². The highest BCUT2D eigenvalue weighted by molar-refractivity contribution is 8.00. The smallest absolute Gasteiger partial charge is 0.336 e. The number of hydrogen-bond donors (Lipinski definition) is 4. The highest BCUT2D eigenvalue weighted by atomic mass is 32.2. The van der Waals surface area contributed by atoms with Crippen LogP contribution in [0.2, 0.25) is 0 Å². The van der Waals surface area contributed by atoms with Crippen LogP contribution in [0.5, 0.6) is 5.88 Å². The van der Waals surface area contributed by atoms with Crippen LogP contribution in [0.4, 0.5) is 5.13 Å². The predicted octanol–water partition coefficient (Wildman–Crippen LogP) is -0.983. The number of nitrogens with zero attached hydrogens (tertiary/aromatic N) is 7. The van der Waals surface area contributed by atoms with Crippen molar-refractivity contribution in [3.8, 4) is 5.88 Å². The molecular formula is C21H23N9O7S3. The van der Waals surface area contributed by atoms with E-state index in [9.17, 15) is 29.4 Å². The molecule has 0 radical (unpaired) electrons. The number of carbonyl (C=O) groups excluding carboxylic acids is 2. The van der Waals surface area contributed by atoms with Gasteiger partial charge in [-0.2, -0.15) is 14.3 Å². The lowest BCUT2D eigenvalue weighted by Crippen LogP contribution is -2.74. The lowest BCUT2D eigenvalue weighted by Gasteiger charge is -2.53. The number of oxime groups is 1. The van der Waals surface area contributed by atoms with Gasteiger partial charge in [-0.3, -0.25) is 19.2 Å². The van der Waals surface area contributed by atoms with Gasteiger partial charge in [-0.1, -0.05) is 23.0 Å². The van der Waals surface area contributed by atoms with E-state index in [1.807, 2.05) is 12.2 Å². The Kier molecular flexibility index (Phi) is 7.69. The van der Waals surface area contributed by atoms with Crippen molar-refractivity contribution in [1.29, 1.82) is 0 Å². The maximum absolute atomic E-state index is 13.2. The maximum Gasteiger partial charge on any atom is 0.336 e. The molecule has 3 unspecified atom stereocenters. The zero-order valence-electron chi connectivity index (χ0n) is 20.8. The fourth-order valence-electron chi connectivity index (χ4n) is 4.21. The van der Waals surface area contributed by atoms with Crippen molar-refractivity contribution < 1.29 is 29.4 Å². The summed E-state index contributed by atoms with van der Waals surface area (Å²) in [5, 5.41) is 29.5. The molecule has 3 aliphatic rings. The van der Waals surface area contributed by atoms with Gasteiger partial charge in [0.25, 0.3) is 11.8 Å². The molecule has 0 saturated carbocycles. The van der Waals surface area contributed by atoms with Crippen LogP contribution in [0.25, 0.3) is 0 Å². The molecule has 2 saturated heterocycles. The Balaban J connectivity index is 1.26. The number of carboxylic acid groups (broad SMARTS) is 1. The van der Waals surface area contributed by atoms with Gasteiger partial charge in [-0.15, -0.1) is 16.9 Å². The fraction of sp³-hybridized carbons (Fsp3) is 0.476. The number of fused-ring (bicyclic) bond motifs is 1. The summed E-state index contributed by atoms with van der Waals surface area (Å²) in [6, 6.07) is -0.923. The third-order valence-corrected chi connectivity index (χ3v) is 9.83. The van der Waals surface area contributed by atoms with E-state index in [0.717, 1.165) is 29.7 Å². The molecule has 2 aliphatic heterocycles. The number of amides is 2. The number of aryl methyl sites for hydroxylation is 1. The Hall–Kier alpha value is -3.71. The van der Waals surface area contributed by atoms with Crippen molar-refractivity contribution in [1.82, 2.24) is 34.3 Å². The topological polar surface area (TPSA) is 228 Å². The Labute approximate surface area is 238 Å². The molecule has 2 fully saturated rings. The zero-order chi connectivity index (χ0) is 28.6. The molecule has 4 heterocycles. The first-order chi connectivity index (χ1) is 19.1. The number of rotatable bonds is 9. The number of nitrogens with two attached hydrogens (primary N) is 1. The number of β-lactam (4-membered cyclic amide) rings is 1. The number of thioether (sulfide) groups is 2. The van der Waals surface area contributed by atoms with E-state index in [0.29, 0.717) is 6.42 Å². The first kappa shape index (κ1) is 27.8. The van der Waals surface area contributed by atoms with Crippen molar-refractivity contribution in [2.75, 3.05) is 23.8 Å². The molecule has 2 aromatic rings. The second-order valence-electron chi connectivity index (χ2n) is 9.19. The third kappa shape index (κ3) is 5.35. The van der Waals surface area contributed by atoms with Crippen molar-refractivity contribution in [3.63, 3.8) is 0 Å². The number of allylic oxidation sites excluding steroid dienone is 1. The summed E-state index contributed by atoms with van der Waals surface area (Å²) < 4.78 is 5.21. The third-order valence-electron chi connectivity index (χ3n) is 6.39.